The fraction of sp³-hybridized carbons (Fsp3) is 0.233. The Balaban J connectivity index is 0.000000303. The van der Waals surface area contributed by atoms with Crippen LogP contribution in [0.25, 0.3) is 0 Å². The summed E-state index contributed by atoms with van der Waals surface area (Å²) in [6.07, 6.45) is 3.21. The molecule has 0 aliphatic carbocycles. The van der Waals surface area contributed by atoms with E-state index in [2.05, 4.69) is 43.9 Å². The van der Waals surface area contributed by atoms with Crippen molar-refractivity contribution in [1.29, 1.82) is 0 Å². The number of hydrogen-bond donors (Lipinski definition) is 4. The lowest BCUT2D eigenvalue weighted by Gasteiger charge is -2.37. The third-order valence-corrected chi connectivity index (χ3v) is 15.3. The Bertz CT molecular complexity index is 3380. The highest BCUT2D eigenvalue weighted by Gasteiger charge is 2.28. The summed E-state index contributed by atoms with van der Waals surface area (Å²) in [5, 5.41) is 53.1. The molecule has 29 heteroatoms. The molecule has 2 saturated heterocycles. The highest BCUT2D eigenvalue weighted by molar-refractivity contribution is 7.91. The first kappa shape index (κ1) is 71.3. The number of aliphatic carboxylic acids is 4. The summed E-state index contributed by atoms with van der Waals surface area (Å²) in [6.45, 7) is 7.20. The van der Waals surface area contributed by atoms with Crippen molar-refractivity contribution < 1.29 is 90.8 Å². The zero-order chi connectivity index (χ0) is 64.6. The SMILES string of the molecule is CS(=O)(=O)c1ccc(C(CN2CCN(c3ccccc3)CC2)OC(=O)c2ccc([N+](=O)[O-])cc2)cc1.CS(=O)(=O)c1ccc(C(CN2CCN(c3ccccc3)CC2)OC(=O)c2ccc([N+](=O)[O-])cc2)cc1.O.O=C(O)/C=C\C(=O)O.O=C(O)/C=C\C(=O)O. The van der Waals surface area contributed by atoms with Crippen LogP contribution in [-0.4, -0.2) is 176 Å². The van der Waals surface area contributed by atoms with Gasteiger partial charge in [-0.1, -0.05) is 60.7 Å². The molecule has 0 amide bonds. The molecule has 472 valence electrons. The summed E-state index contributed by atoms with van der Waals surface area (Å²) in [5.74, 6) is -6.24. The Morgan fingerprint density at radius 2 is 0.719 bits per heavy atom. The largest absolute Gasteiger partial charge is 0.478 e. The molecule has 2 atom stereocenters. The van der Waals surface area contributed by atoms with Crippen LogP contribution in [-0.2, 0) is 48.3 Å². The molecule has 6 aromatic rings. The number of benzene rings is 6. The molecular weight excluding hydrogens is 1200 g/mol. The second kappa shape index (κ2) is 34.2. The summed E-state index contributed by atoms with van der Waals surface area (Å²) in [6, 6.07) is 43.5. The van der Waals surface area contributed by atoms with Gasteiger partial charge in [0.05, 0.1) is 30.8 Å². The van der Waals surface area contributed by atoms with Crippen molar-refractivity contribution in [1.82, 2.24) is 9.80 Å². The number of ether oxygens (including phenoxy) is 2. The lowest BCUT2D eigenvalue weighted by atomic mass is 10.1. The lowest BCUT2D eigenvalue weighted by molar-refractivity contribution is -0.385. The predicted octanol–water partition coefficient (Wildman–Crippen LogP) is 6.04. The van der Waals surface area contributed by atoms with Crippen molar-refractivity contribution in [3.8, 4) is 0 Å². The maximum absolute atomic E-state index is 12.9. The molecule has 6 N–H and O–H groups in total. The summed E-state index contributed by atoms with van der Waals surface area (Å²) < 4.78 is 59.2. The second-order valence-electron chi connectivity index (χ2n) is 19.3. The van der Waals surface area contributed by atoms with Crippen LogP contribution in [0.1, 0.15) is 44.1 Å². The number of nitrogens with zero attached hydrogens (tertiary/aromatic N) is 6. The van der Waals surface area contributed by atoms with Crippen LogP contribution in [0.15, 0.2) is 192 Å². The maximum Gasteiger partial charge on any atom is 0.338 e. The molecule has 0 aromatic heterocycles. The number of carbonyl (C=O) groups is 6. The standard InChI is InChI=1S/2C26H27N3O6S.2C4H4O4.H2O/c2*1-36(33,34)24-13-9-20(10-14-24)25(35-26(30)21-7-11-23(12-8-21)29(31)32)19-27-15-17-28(18-16-27)22-5-3-2-4-6-22;2*5-3(6)1-2-4(7)8;/h2*2-14,25H,15-19H2,1H3;2*1-2H,(H,5,6)(H,7,8);1H2/b;;2*2-1-;. The Labute approximate surface area is 511 Å². The highest BCUT2D eigenvalue weighted by Crippen LogP contribution is 2.28. The smallest absolute Gasteiger partial charge is 0.338 e. The minimum Gasteiger partial charge on any atom is -0.478 e. The second-order valence-corrected chi connectivity index (χ2v) is 23.4. The quantitative estimate of drug-likeness (QED) is 0.0293. The van der Waals surface area contributed by atoms with E-state index in [1.807, 2.05) is 36.4 Å². The van der Waals surface area contributed by atoms with Crippen LogP contribution in [0.3, 0.4) is 0 Å². The van der Waals surface area contributed by atoms with E-state index >= 15 is 0 Å². The summed E-state index contributed by atoms with van der Waals surface area (Å²) in [5.41, 5.74) is 3.83. The summed E-state index contributed by atoms with van der Waals surface area (Å²) in [7, 11) is -6.72. The van der Waals surface area contributed by atoms with Gasteiger partial charge in [-0.25, -0.2) is 45.6 Å². The molecule has 6 aromatic carbocycles. The highest BCUT2D eigenvalue weighted by atomic mass is 32.2. The first-order valence-electron chi connectivity index (χ1n) is 26.5. The molecule has 2 unspecified atom stereocenters. The number of piperazine rings is 2. The van der Waals surface area contributed by atoms with Gasteiger partial charge >= 0.3 is 35.8 Å². The van der Waals surface area contributed by atoms with Crippen molar-refractivity contribution >= 4 is 78.2 Å². The number of non-ortho nitro benzene ring substituents is 2. The number of carbonyl (C=O) groups excluding carboxylic acids is 2. The number of para-hydroxylation sites is 2. The third-order valence-electron chi connectivity index (χ3n) is 13.1. The van der Waals surface area contributed by atoms with Gasteiger partial charge in [0.2, 0.25) is 0 Å². The molecule has 2 aliphatic rings. The number of nitro groups is 2. The van der Waals surface area contributed by atoms with E-state index in [1.165, 1.54) is 72.8 Å². The lowest BCUT2D eigenvalue weighted by Crippen LogP contribution is -2.47. The van der Waals surface area contributed by atoms with E-state index in [0.717, 1.165) is 76.2 Å². The molecule has 0 spiro atoms. The van der Waals surface area contributed by atoms with Crippen molar-refractivity contribution in [2.24, 2.45) is 0 Å². The van der Waals surface area contributed by atoms with Crippen LogP contribution >= 0.6 is 0 Å². The molecule has 8 rings (SSSR count). The maximum atomic E-state index is 12.9. The predicted molar refractivity (Wildman–Crippen MR) is 324 cm³/mol. The fourth-order valence-electron chi connectivity index (χ4n) is 8.52. The molecule has 89 heavy (non-hydrogen) atoms. The van der Waals surface area contributed by atoms with Crippen molar-refractivity contribution in [2.75, 3.05) is 87.8 Å². The van der Waals surface area contributed by atoms with Crippen molar-refractivity contribution in [2.45, 2.75) is 22.0 Å². The van der Waals surface area contributed by atoms with Crippen molar-refractivity contribution in [3.05, 3.63) is 225 Å². The molecule has 27 nitrogen and oxygen atoms in total. The van der Waals surface area contributed by atoms with Gasteiger partial charge in [0, 0.05) is 138 Å². The Morgan fingerprint density at radius 3 is 0.955 bits per heavy atom. The number of sulfone groups is 2. The number of esters is 2. The van der Waals surface area contributed by atoms with Crippen molar-refractivity contribution in [3.63, 3.8) is 0 Å². The fourth-order valence-corrected chi connectivity index (χ4v) is 9.78. The topological polar surface area (TPSA) is 401 Å². The van der Waals surface area contributed by atoms with Crippen LogP contribution in [0.2, 0.25) is 0 Å². The van der Waals surface area contributed by atoms with Crippen LogP contribution < -0.4 is 9.80 Å². The summed E-state index contributed by atoms with van der Waals surface area (Å²) in [4.78, 5) is 94.2. The minimum absolute atomic E-state index is 0. The van der Waals surface area contributed by atoms with Gasteiger partial charge in [-0.15, -0.1) is 0 Å². The molecule has 2 heterocycles. The van der Waals surface area contributed by atoms with E-state index in [4.69, 9.17) is 29.9 Å². The van der Waals surface area contributed by atoms with E-state index in [0.29, 0.717) is 48.5 Å². The van der Waals surface area contributed by atoms with Gasteiger partial charge in [0.15, 0.2) is 19.7 Å². The minimum atomic E-state index is -3.36. The molecular formula is C60H64N6O21S2. The van der Waals surface area contributed by atoms with Gasteiger partial charge in [0.1, 0.15) is 12.2 Å². The van der Waals surface area contributed by atoms with Gasteiger partial charge in [-0.2, -0.15) is 0 Å². The first-order chi connectivity index (χ1) is 41.7. The number of nitro benzene ring substituents is 2. The Hall–Kier alpha value is -10.2. The number of carboxylic acid groups (broad SMARTS) is 4. The average Bonchev–Trinajstić information content (AvgIpc) is 3.01. The Morgan fingerprint density at radius 1 is 0.449 bits per heavy atom. The van der Waals surface area contributed by atoms with Gasteiger partial charge in [-0.05, 0) is 83.9 Å². The molecule has 0 bridgehead atoms. The zero-order valence-corrected chi connectivity index (χ0v) is 49.5. The molecule has 2 fully saturated rings. The molecule has 0 radical (unpaired) electrons. The molecule has 2 aliphatic heterocycles. The number of rotatable bonds is 20. The van der Waals surface area contributed by atoms with Crippen LogP contribution in [0.5, 0.6) is 0 Å². The monoisotopic (exact) mass is 1270 g/mol. The van der Waals surface area contributed by atoms with Gasteiger partial charge in [0.25, 0.3) is 11.4 Å². The molecule has 0 saturated carbocycles. The van der Waals surface area contributed by atoms with E-state index in [-0.39, 0.29) is 37.8 Å². The first-order valence-corrected chi connectivity index (χ1v) is 30.3. The zero-order valence-electron chi connectivity index (χ0n) is 47.9. The Kier molecular flexibility index (Phi) is 27.4. The summed E-state index contributed by atoms with van der Waals surface area (Å²) >= 11 is 0. The van der Waals surface area contributed by atoms with Crippen LogP contribution in [0, 0.1) is 20.2 Å². The van der Waals surface area contributed by atoms with E-state index in [9.17, 15) is 65.8 Å². The van der Waals surface area contributed by atoms with E-state index in [1.54, 1.807) is 24.3 Å². The number of carboxylic acids is 4. The van der Waals surface area contributed by atoms with Crippen LogP contribution in [0.4, 0.5) is 22.7 Å². The van der Waals surface area contributed by atoms with Gasteiger partial charge < -0.3 is 45.2 Å². The van der Waals surface area contributed by atoms with E-state index < -0.39 is 77.5 Å². The third kappa shape index (κ3) is 24.2. The van der Waals surface area contributed by atoms with Gasteiger partial charge in [-0.3, -0.25) is 30.0 Å². The number of anilines is 2. The normalized spacial score (nSPS) is 14.1. The number of hydrogen-bond acceptors (Lipinski definition) is 20. The average molecular weight is 1270 g/mol.